The lowest BCUT2D eigenvalue weighted by Crippen LogP contribution is -2.33. The zero-order chi connectivity index (χ0) is 13.2. The summed E-state index contributed by atoms with van der Waals surface area (Å²) in [6.45, 7) is 0. The highest BCUT2D eigenvalue weighted by Gasteiger charge is 2.31. The second-order valence-electron chi connectivity index (χ2n) is 4.76. The maximum atomic E-state index is 12.5. The smallest absolute Gasteiger partial charge is 0.181 e. The highest BCUT2D eigenvalue weighted by atomic mass is 32.2. The minimum atomic E-state index is -3.25. The molecule has 0 aromatic heterocycles. The molecular weight excluding hydrogens is 250 g/mol. The van der Waals surface area contributed by atoms with Crippen molar-refractivity contribution >= 4 is 9.84 Å². The summed E-state index contributed by atoms with van der Waals surface area (Å²) in [5.74, 6) is 0.573. The Labute approximate surface area is 108 Å². The maximum Gasteiger partial charge on any atom is 0.181 e. The van der Waals surface area contributed by atoms with Gasteiger partial charge in [-0.15, -0.1) is 0 Å². The predicted molar refractivity (Wildman–Crippen MR) is 70.4 cm³/mol. The largest absolute Gasteiger partial charge is 0.497 e. The molecule has 0 bridgehead atoms. The van der Waals surface area contributed by atoms with Crippen molar-refractivity contribution < 1.29 is 13.2 Å². The average Bonchev–Trinajstić information content (AvgIpc) is 2.39. The van der Waals surface area contributed by atoms with E-state index in [0.29, 0.717) is 23.5 Å². The molecule has 0 spiro atoms. The molecule has 1 fully saturated rings. The van der Waals surface area contributed by atoms with Crippen LogP contribution in [0.3, 0.4) is 0 Å². The monoisotopic (exact) mass is 269 g/mol. The molecule has 5 heteroatoms. The molecule has 100 valence electrons. The van der Waals surface area contributed by atoms with Crippen LogP contribution in [0.15, 0.2) is 29.2 Å². The quantitative estimate of drug-likeness (QED) is 0.907. The molecule has 1 aromatic rings. The summed E-state index contributed by atoms with van der Waals surface area (Å²) < 4.78 is 30.0. The molecule has 0 saturated heterocycles. The Kier molecular flexibility index (Phi) is 3.92. The van der Waals surface area contributed by atoms with Gasteiger partial charge in [0, 0.05) is 6.04 Å². The number of hydrogen-bond acceptors (Lipinski definition) is 4. The van der Waals surface area contributed by atoms with E-state index in [-0.39, 0.29) is 11.3 Å². The lowest BCUT2D eigenvalue weighted by molar-refractivity contribution is 0.412. The fourth-order valence-corrected chi connectivity index (χ4v) is 4.20. The van der Waals surface area contributed by atoms with E-state index in [2.05, 4.69) is 0 Å². The topological polar surface area (TPSA) is 69.4 Å². The van der Waals surface area contributed by atoms with Gasteiger partial charge in [-0.3, -0.25) is 0 Å². The molecule has 2 N–H and O–H groups in total. The van der Waals surface area contributed by atoms with Gasteiger partial charge in [0.15, 0.2) is 9.84 Å². The van der Waals surface area contributed by atoms with Crippen molar-refractivity contribution in [2.24, 2.45) is 5.73 Å². The number of nitrogens with two attached hydrogens (primary N) is 1. The van der Waals surface area contributed by atoms with Gasteiger partial charge < -0.3 is 10.5 Å². The van der Waals surface area contributed by atoms with E-state index < -0.39 is 9.84 Å². The first-order valence-electron chi connectivity index (χ1n) is 6.17. The van der Waals surface area contributed by atoms with Crippen LogP contribution in [-0.2, 0) is 9.84 Å². The second kappa shape index (κ2) is 5.28. The summed E-state index contributed by atoms with van der Waals surface area (Å²) in [7, 11) is -1.72. The maximum absolute atomic E-state index is 12.5. The fourth-order valence-electron chi connectivity index (χ4n) is 2.37. The summed E-state index contributed by atoms with van der Waals surface area (Å²) in [5, 5.41) is -0.301. The molecule has 1 aliphatic carbocycles. The number of rotatable bonds is 3. The molecule has 0 radical (unpaired) electrons. The Hall–Kier alpha value is -1.07. The Balaban J connectivity index is 2.24. The third kappa shape index (κ3) is 2.67. The molecule has 0 heterocycles. The molecule has 1 aromatic carbocycles. The zero-order valence-electron chi connectivity index (χ0n) is 10.5. The van der Waals surface area contributed by atoms with Crippen molar-refractivity contribution in [1.82, 2.24) is 0 Å². The van der Waals surface area contributed by atoms with E-state index >= 15 is 0 Å². The van der Waals surface area contributed by atoms with Crippen LogP contribution < -0.4 is 10.5 Å². The van der Waals surface area contributed by atoms with Crippen LogP contribution in [0, 0.1) is 0 Å². The van der Waals surface area contributed by atoms with Crippen molar-refractivity contribution in [3.63, 3.8) is 0 Å². The summed E-state index contributed by atoms with van der Waals surface area (Å²) in [6.07, 6.45) is 2.88. The number of sulfone groups is 1. The number of ether oxygens (including phenoxy) is 1. The summed E-state index contributed by atoms with van der Waals surface area (Å²) in [6, 6.07) is 6.83. The third-order valence-electron chi connectivity index (χ3n) is 3.53. The average molecular weight is 269 g/mol. The van der Waals surface area contributed by atoms with Crippen LogP contribution >= 0.6 is 0 Å². The van der Waals surface area contributed by atoms with E-state index in [0.717, 1.165) is 12.8 Å². The Bertz CT molecular complexity index is 505. The van der Waals surface area contributed by atoms with Crippen LogP contribution in [0.25, 0.3) is 0 Å². The summed E-state index contributed by atoms with van der Waals surface area (Å²) >= 11 is 0. The first kappa shape index (κ1) is 13.4. The van der Waals surface area contributed by atoms with Gasteiger partial charge in [0.1, 0.15) is 5.75 Å². The number of benzene rings is 1. The van der Waals surface area contributed by atoms with Crippen LogP contribution in [-0.4, -0.2) is 26.8 Å². The third-order valence-corrected chi connectivity index (χ3v) is 5.79. The minimum absolute atomic E-state index is 0.154. The Morgan fingerprint density at radius 2 is 1.89 bits per heavy atom. The van der Waals surface area contributed by atoms with E-state index in [9.17, 15) is 8.42 Å². The van der Waals surface area contributed by atoms with Crippen molar-refractivity contribution in [1.29, 1.82) is 0 Å². The Morgan fingerprint density at radius 3 is 2.50 bits per heavy atom. The van der Waals surface area contributed by atoms with E-state index in [1.165, 1.54) is 7.11 Å². The predicted octanol–water partition coefficient (Wildman–Crippen LogP) is 1.74. The van der Waals surface area contributed by atoms with Crippen LogP contribution in [0.2, 0.25) is 0 Å². The van der Waals surface area contributed by atoms with Crippen molar-refractivity contribution in [3.05, 3.63) is 24.3 Å². The molecular formula is C13H19NO3S. The zero-order valence-corrected chi connectivity index (χ0v) is 11.3. The molecule has 2 rings (SSSR count). The second-order valence-corrected chi connectivity index (χ2v) is 6.99. The van der Waals surface area contributed by atoms with Gasteiger partial charge in [0.2, 0.25) is 0 Å². The van der Waals surface area contributed by atoms with E-state index in [1.807, 2.05) is 0 Å². The first-order chi connectivity index (χ1) is 8.54. The van der Waals surface area contributed by atoms with E-state index in [1.54, 1.807) is 24.3 Å². The van der Waals surface area contributed by atoms with Gasteiger partial charge in [-0.1, -0.05) is 6.07 Å². The minimum Gasteiger partial charge on any atom is -0.497 e. The molecule has 4 nitrogen and oxygen atoms in total. The van der Waals surface area contributed by atoms with Gasteiger partial charge in [0.05, 0.1) is 17.3 Å². The van der Waals surface area contributed by atoms with Crippen molar-refractivity contribution in [2.75, 3.05) is 7.11 Å². The van der Waals surface area contributed by atoms with Gasteiger partial charge in [-0.25, -0.2) is 8.42 Å². The summed E-state index contributed by atoms with van der Waals surface area (Å²) in [5.41, 5.74) is 5.81. The number of hydrogen-bond donors (Lipinski definition) is 1. The molecule has 0 unspecified atom stereocenters. The molecule has 0 aliphatic heterocycles. The van der Waals surface area contributed by atoms with Crippen molar-refractivity contribution in [2.45, 2.75) is 41.9 Å². The van der Waals surface area contributed by atoms with Gasteiger partial charge >= 0.3 is 0 Å². The molecule has 0 atom stereocenters. The molecule has 1 aliphatic rings. The molecule has 1 saturated carbocycles. The van der Waals surface area contributed by atoms with Crippen molar-refractivity contribution in [3.8, 4) is 5.75 Å². The first-order valence-corrected chi connectivity index (χ1v) is 7.72. The fraction of sp³-hybridized carbons (Fsp3) is 0.538. The Morgan fingerprint density at radius 1 is 1.22 bits per heavy atom. The van der Waals surface area contributed by atoms with Crippen LogP contribution in [0.4, 0.5) is 0 Å². The highest BCUT2D eigenvalue weighted by Crippen LogP contribution is 2.29. The molecule has 0 amide bonds. The standard InChI is InChI=1S/C13H19NO3S/c1-17-11-3-2-4-13(9-11)18(15,16)12-7-5-10(14)6-8-12/h2-4,9-10,12H,5-8,14H2,1H3. The molecule has 18 heavy (non-hydrogen) atoms. The van der Waals surface area contributed by atoms with Crippen LogP contribution in [0.5, 0.6) is 5.75 Å². The highest BCUT2D eigenvalue weighted by molar-refractivity contribution is 7.92. The lowest BCUT2D eigenvalue weighted by Gasteiger charge is -2.25. The van der Waals surface area contributed by atoms with Gasteiger partial charge in [-0.2, -0.15) is 0 Å². The van der Waals surface area contributed by atoms with Gasteiger partial charge in [-0.05, 0) is 43.9 Å². The SMILES string of the molecule is COc1cccc(S(=O)(=O)C2CCC(N)CC2)c1. The number of methoxy groups -OCH3 is 1. The van der Waals surface area contributed by atoms with E-state index in [4.69, 9.17) is 10.5 Å². The van der Waals surface area contributed by atoms with Gasteiger partial charge in [0.25, 0.3) is 0 Å². The summed E-state index contributed by atoms with van der Waals surface area (Å²) in [4.78, 5) is 0.349. The lowest BCUT2D eigenvalue weighted by atomic mass is 9.96. The van der Waals surface area contributed by atoms with Crippen LogP contribution in [0.1, 0.15) is 25.7 Å². The normalized spacial score (nSPS) is 24.8.